The molecular formula is C18H13NS. The smallest absolute Gasteiger partial charge is 0.101 e. The molecule has 0 atom stereocenters. The van der Waals surface area contributed by atoms with Gasteiger partial charge < -0.3 is 0 Å². The van der Waals surface area contributed by atoms with Gasteiger partial charge in [-0.05, 0) is 33.7 Å². The second-order valence-corrected chi connectivity index (χ2v) is 5.85. The Morgan fingerprint density at radius 2 is 1.45 bits per heavy atom. The molecule has 0 saturated carbocycles. The molecule has 1 aliphatic rings. The van der Waals surface area contributed by atoms with Crippen molar-refractivity contribution in [2.75, 3.05) is 0 Å². The first-order valence-corrected chi connectivity index (χ1v) is 7.56. The second kappa shape index (κ2) is 4.73. The third-order valence-electron chi connectivity index (χ3n) is 3.69. The molecule has 1 aromatic heterocycles. The predicted molar refractivity (Wildman–Crippen MR) is 85.6 cm³/mol. The summed E-state index contributed by atoms with van der Waals surface area (Å²) in [6.07, 6.45) is 1.99. The van der Waals surface area contributed by atoms with Gasteiger partial charge in [-0.15, -0.1) is 11.3 Å². The van der Waals surface area contributed by atoms with Crippen molar-refractivity contribution in [2.24, 2.45) is 4.99 Å². The van der Waals surface area contributed by atoms with Crippen LogP contribution in [0.2, 0.25) is 0 Å². The highest BCUT2D eigenvalue weighted by Crippen LogP contribution is 2.45. The number of fused-ring (bicyclic) bond motifs is 3. The van der Waals surface area contributed by atoms with Gasteiger partial charge in [-0.1, -0.05) is 54.6 Å². The Kier molecular flexibility index (Phi) is 2.75. The molecule has 0 radical (unpaired) electrons. The van der Waals surface area contributed by atoms with Crippen LogP contribution in [0.4, 0.5) is 0 Å². The van der Waals surface area contributed by atoms with Gasteiger partial charge in [-0.3, -0.25) is 4.99 Å². The van der Waals surface area contributed by atoms with Crippen LogP contribution in [0.1, 0.15) is 22.0 Å². The van der Waals surface area contributed by atoms with Gasteiger partial charge in [0.25, 0.3) is 0 Å². The van der Waals surface area contributed by atoms with Crippen molar-refractivity contribution in [1.29, 1.82) is 0 Å². The molecule has 0 spiro atoms. The van der Waals surface area contributed by atoms with Crippen molar-refractivity contribution in [3.05, 3.63) is 82.0 Å². The first-order chi connectivity index (χ1) is 9.93. The standard InChI is InChI=1S/C18H13NS/c1-3-9-16-14(7-1)15-8-2-4-10-17(15)18(16)19-12-13-6-5-11-20-13/h1-12,18H. The number of hydrogen-bond donors (Lipinski definition) is 0. The highest BCUT2D eigenvalue weighted by atomic mass is 32.1. The lowest BCUT2D eigenvalue weighted by atomic mass is 10.1. The number of rotatable bonds is 2. The molecule has 1 heterocycles. The Labute approximate surface area is 122 Å². The third-order valence-corrected chi connectivity index (χ3v) is 4.50. The molecule has 0 saturated heterocycles. The molecule has 3 aromatic rings. The molecule has 1 aliphatic carbocycles. The van der Waals surface area contributed by atoms with E-state index in [9.17, 15) is 0 Å². The van der Waals surface area contributed by atoms with Crippen LogP contribution in [0, 0.1) is 0 Å². The van der Waals surface area contributed by atoms with Crippen LogP contribution in [-0.2, 0) is 0 Å². The van der Waals surface area contributed by atoms with Crippen molar-refractivity contribution in [3.8, 4) is 11.1 Å². The zero-order valence-electron chi connectivity index (χ0n) is 10.9. The summed E-state index contributed by atoms with van der Waals surface area (Å²) in [6, 6.07) is 21.4. The maximum atomic E-state index is 4.83. The van der Waals surface area contributed by atoms with Crippen molar-refractivity contribution in [1.82, 2.24) is 0 Å². The molecule has 4 rings (SSSR count). The summed E-state index contributed by atoms with van der Waals surface area (Å²) >= 11 is 1.72. The normalized spacial score (nSPS) is 13.6. The molecule has 96 valence electrons. The Morgan fingerprint density at radius 3 is 2.05 bits per heavy atom. The molecular weight excluding hydrogens is 262 g/mol. The predicted octanol–water partition coefficient (Wildman–Crippen LogP) is 4.94. The minimum absolute atomic E-state index is 0.129. The number of hydrogen-bond acceptors (Lipinski definition) is 2. The molecule has 1 nitrogen and oxygen atoms in total. The van der Waals surface area contributed by atoms with Crippen LogP contribution >= 0.6 is 11.3 Å². The van der Waals surface area contributed by atoms with E-state index in [-0.39, 0.29) is 6.04 Å². The third kappa shape index (κ3) is 1.81. The van der Waals surface area contributed by atoms with E-state index in [1.54, 1.807) is 11.3 Å². The van der Waals surface area contributed by atoms with Gasteiger partial charge in [-0.25, -0.2) is 0 Å². The SMILES string of the molecule is C(=NC1c2ccccc2-c2ccccc21)c1cccs1. The first-order valence-electron chi connectivity index (χ1n) is 6.68. The van der Waals surface area contributed by atoms with E-state index in [0.717, 1.165) is 0 Å². The molecule has 2 heteroatoms. The lowest BCUT2D eigenvalue weighted by molar-refractivity contribution is 0.908. The Morgan fingerprint density at radius 1 is 0.800 bits per heavy atom. The fourth-order valence-corrected chi connectivity index (χ4v) is 3.40. The van der Waals surface area contributed by atoms with E-state index in [4.69, 9.17) is 4.99 Å². The van der Waals surface area contributed by atoms with E-state index in [0.29, 0.717) is 0 Å². The van der Waals surface area contributed by atoms with Gasteiger partial charge in [0, 0.05) is 11.1 Å². The quantitative estimate of drug-likeness (QED) is 0.588. The van der Waals surface area contributed by atoms with E-state index in [2.05, 4.69) is 66.0 Å². The average molecular weight is 275 g/mol. The van der Waals surface area contributed by atoms with E-state index in [1.165, 1.54) is 27.1 Å². The van der Waals surface area contributed by atoms with Crippen molar-refractivity contribution in [3.63, 3.8) is 0 Å². The lowest BCUT2D eigenvalue weighted by Crippen LogP contribution is -1.93. The van der Waals surface area contributed by atoms with Gasteiger partial charge in [0.15, 0.2) is 0 Å². The largest absolute Gasteiger partial charge is 0.279 e. The zero-order valence-corrected chi connectivity index (χ0v) is 11.7. The molecule has 20 heavy (non-hydrogen) atoms. The minimum atomic E-state index is 0.129. The van der Waals surface area contributed by atoms with Crippen LogP contribution in [0.25, 0.3) is 11.1 Å². The maximum absolute atomic E-state index is 4.83. The summed E-state index contributed by atoms with van der Waals surface area (Å²) in [7, 11) is 0. The van der Waals surface area contributed by atoms with Crippen molar-refractivity contribution < 1.29 is 0 Å². The highest BCUT2D eigenvalue weighted by Gasteiger charge is 2.26. The minimum Gasteiger partial charge on any atom is -0.279 e. The molecule has 0 fully saturated rings. The summed E-state index contributed by atoms with van der Waals surface area (Å²) in [6.45, 7) is 0. The number of thiophene rings is 1. The average Bonchev–Trinajstić information content (AvgIpc) is 3.11. The van der Waals surface area contributed by atoms with E-state index in [1.807, 2.05) is 6.21 Å². The van der Waals surface area contributed by atoms with Crippen LogP contribution in [0.3, 0.4) is 0 Å². The van der Waals surface area contributed by atoms with Crippen LogP contribution in [0.15, 0.2) is 71.0 Å². The van der Waals surface area contributed by atoms with Crippen LogP contribution in [0.5, 0.6) is 0 Å². The summed E-state index contributed by atoms with van der Waals surface area (Å²) in [4.78, 5) is 6.03. The number of benzene rings is 2. The summed E-state index contributed by atoms with van der Waals surface area (Å²) in [5.74, 6) is 0. The summed E-state index contributed by atoms with van der Waals surface area (Å²) in [5.41, 5.74) is 5.25. The molecule has 0 aliphatic heterocycles. The van der Waals surface area contributed by atoms with Crippen LogP contribution in [-0.4, -0.2) is 6.21 Å². The fourth-order valence-electron chi connectivity index (χ4n) is 2.80. The van der Waals surface area contributed by atoms with Crippen molar-refractivity contribution >= 4 is 17.6 Å². The second-order valence-electron chi connectivity index (χ2n) is 4.87. The maximum Gasteiger partial charge on any atom is 0.101 e. The Bertz CT molecular complexity index is 726. The fraction of sp³-hybridized carbons (Fsp3) is 0.0556. The first kappa shape index (κ1) is 11.6. The molecule has 2 aromatic carbocycles. The van der Waals surface area contributed by atoms with Gasteiger partial charge in [0.2, 0.25) is 0 Å². The summed E-state index contributed by atoms with van der Waals surface area (Å²) < 4.78 is 0. The highest BCUT2D eigenvalue weighted by molar-refractivity contribution is 7.11. The molecule has 0 N–H and O–H groups in total. The topological polar surface area (TPSA) is 12.4 Å². The lowest BCUT2D eigenvalue weighted by Gasteiger charge is -2.07. The zero-order chi connectivity index (χ0) is 13.4. The van der Waals surface area contributed by atoms with E-state index >= 15 is 0 Å². The Balaban J connectivity index is 1.83. The Hall–Kier alpha value is -2.19. The molecule has 0 bridgehead atoms. The number of nitrogens with zero attached hydrogens (tertiary/aromatic N) is 1. The molecule has 0 unspecified atom stereocenters. The van der Waals surface area contributed by atoms with Crippen molar-refractivity contribution in [2.45, 2.75) is 6.04 Å². The van der Waals surface area contributed by atoms with Gasteiger partial charge >= 0.3 is 0 Å². The monoisotopic (exact) mass is 275 g/mol. The van der Waals surface area contributed by atoms with Gasteiger partial charge in [0.05, 0.1) is 0 Å². The molecule has 0 amide bonds. The number of aliphatic imine (C=N–C) groups is 1. The summed E-state index contributed by atoms with van der Waals surface area (Å²) in [5, 5.41) is 2.08. The van der Waals surface area contributed by atoms with Crippen LogP contribution < -0.4 is 0 Å². The van der Waals surface area contributed by atoms with Gasteiger partial charge in [-0.2, -0.15) is 0 Å². The van der Waals surface area contributed by atoms with Gasteiger partial charge in [0.1, 0.15) is 6.04 Å². The van der Waals surface area contributed by atoms with E-state index < -0.39 is 0 Å².